The maximum Gasteiger partial charge on any atom is 0.229 e. The number of halogens is 1. The van der Waals surface area contributed by atoms with Crippen molar-refractivity contribution in [2.24, 2.45) is 5.92 Å². The van der Waals surface area contributed by atoms with Gasteiger partial charge in [-0.25, -0.2) is 0 Å². The SMILES string of the molecule is CC(C)Cc1ccc(C(C)C(=O)N2CCNCC2)cc1.Cl. The first kappa shape index (κ1) is 18.0. The van der Waals surface area contributed by atoms with Crippen LogP contribution in [0, 0.1) is 5.92 Å². The van der Waals surface area contributed by atoms with E-state index >= 15 is 0 Å². The van der Waals surface area contributed by atoms with Crippen molar-refractivity contribution >= 4 is 18.3 Å². The lowest BCUT2D eigenvalue weighted by Crippen LogP contribution is -2.47. The molecule has 1 amide bonds. The number of benzene rings is 1. The molecule has 0 aromatic heterocycles. The summed E-state index contributed by atoms with van der Waals surface area (Å²) < 4.78 is 0. The summed E-state index contributed by atoms with van der Waals surface area (Å²) in [5.41, 5.74) is 2.48. The summed E-state index contributed by atoms with van der Waals surface area (Å²) in [5, 5.41) is 3.28. The number of carbonyl (C=O) groups is 1. The van der Waals surface area contributed by atoms with Crippen molar-refractivity contribution in [1.29, 1.82) is 0 Å². The van der Waals surface area contributed by atoms with Crippen LogP contribution in [0.2, 0.25) is 0 Å². The number of nitrogens with one attached hydrogen (secondary N) is 1. The molecule has 1 aliphatic heterocycles. The van der Waals surface area contributed by atoms with Crippen molar-refractivity contribution in [2.75, 3.05) is 26.2 Å². The van der Waals surface area contributed by atoms with Gasteiger partial charge in [0, 0.05) is 26.2 Å². The second-order valence-corrected chi connectivity index (χ2v) is 6.14. The fourth-order valence-corrected chi connectivity index (χ4v) is 2.72. The number of hydrogen-bond acceptors (Lipinski definition) is 2. The molecule has 0 spiro atoms. The van der Waals surface area contributed by atoms with E-state index in [4.69, 9.17) is 0 Å². The Morgan fingerprint density at radius 2 is 1.71 bits per heavy atom. The molecule has 0 radical (unpaired) electrons. The van der Waals surface area contributed by atoms with Crippen LogP contribution in [-0.4, -0.2) is 37.0 Å². The lowest BCUT2D eigenvalue weighted by molar-refractivity contribution is -0.133. The minimum Gasteiger partial charge on any atom is -0.340 e. The number of piperazine rings is 1. The molecule has 1 unspecified atom stereocenters. The van der Waals surface area contributed by atoms with Crippen molar-refractivity contribution in [3.8, 4) is 0 Å². The lowest BCUT2D eigenvalue weighted by atomic mass is 9.96. The van der Waals surface area contributed by atoms with Crippen LogP contribution in [0.1, 0.15) is 37.8 Å². The highest BCUT2D eigenvalue weighted by atomic mass is 35.5. The Bertz CT molecular complexity index is 439. The van der Waals surface area contributed by atoms with Crippen LogP contribution in [0.15, 0.2) is 24.3 Å². The van der Waals surface area contributed by atoms with Crippen LogP contribution >= 0.6 is 12.4 Å². The highest BCUT2D eigenvalue weighted by molar-refractivity contribution is 5.85. The first-order valence-electron chi connectivity index (χ1n) is 7.66. The van der Waals surface area contributed by atoms with E-state index in [1.54, 1.807) is 0 Å². The first-order chi connectivity index (χ1) is 9.58. The van der Waals surface area contributed by atoms with Gasteiger partial charge in [-0.3, -0.25) is 4.79 Å². The van der Waals surface area contributed by atoms with E-state index in [2.05, 4.69) is 43.4 Å². The first-order valence-corrected chi connectivity index (χ1v) is 7.66. The third kappa shape index (κ3) is 5.01. The summed E-state index contributed by atoms with van der Waals surface area (Å²) in [7, 11) is 0. The molecule has 0 saturated carbocycles. The average Bonchev–Trinajstić information content (AvgIpc) is 2.47. The zero-order valence-electron chi connectivity index (χ0n) is 13.3. The maximum absolute atomic E-state index is 12.5. The smallest absolute Gasteiger partial charge is 0.229 e. The third-order valence-corrected chi connectivity index (χ3v) is 3.92. The Labute approximate surface area is 134 Å². The van der Waals surface area contributed by atoms with Crippen LogP contribution in [0.25, 0.3) is 0 Å². The van der Waals surface area contributed by atoms with Crippen molar-refractivity contribution in [3.63, 3.8) is 0 Å². The zero-order valence-corrected chi connectivity index (χ0v) is 14.1. The van der Waals surface area contributed by atoms with Gasteiger partial charge < -0.3 is 10.2 Å². The number of hydrogen-bond donors (Lipinski definition) is 1. The van der Waals surface area contributed by atoms with Crippen molar-refractivity contribution in [2.45, 2.75) is 33.1 Å². The van der Waals surface area contributed by atoms with Crippen molar-refractivity contribution in [1.82, 2.24) is 10.2 Å². The molecule has 1 aliphatic rings. The molecule has 1 atom stereocenters. The summed E-state index contributed by atoms with van der Waals surface area (Å²) in [4.78, 5) is 14.4. The summed E-state index contributed by atoms with van der Waals surface area (Å²) in [6.07, 6.45) is 1.10. The lowest BCUT2D eigenvalue weighted by Gasteiger charge is -2.30. The Hall–Kier alpha value is -1.06. The fraction of sp³-hybridized carbons (Fsp3) is 0.588. The fourth-order valence-electron chi connectivity index (χ4n) is 2.72. The molecule has 4 heteroatoms. The van der Waals surface area contributed by atoms with Crippen molar-refractivity contribution < 1.29 is 4.79 Å². The molecule has 3 nitrogen and oxygen atoms in total. The largest absolute Gasteiger partial charge is 0.340 e. The van der Waals surface area contributed by atoms with Crippen molar-refractivity contribution in [3.05, 3.63) is 35.4 Å². The van der Waals surface area contributed by atoms with Gasteiger partial charge in [-0.2, -0.15) is 0 Å². The summed E-state index contributed by atoms with van der Waals surface area (Å²) >= 11 is 0. The van der Waals surface area contributed by atoms with Gasteiger partial charge in [0.25, 0.3) is 0 Å². The third-order valence-electron chi connectivity index (χ3n) is 3.92. The van der Waals surface area contributed by atoms with Gasteiger partial charge in [0.15, 0.2) is 0 Å². The van der Waals surface area contributed by atoms with Gasteiger partial charge in [-0.05, 0) is 30.4 Å². The normalized spacial score (nSPS) is 16.5. The van der Waals surface area contributed by atoms with E-state index in [9.17, 15) is 4.79 Å². The molecule has 0 bridgehead atoms. The standard InChI is InChI=1S/C17H26N2O.ClH/c1-13(2)12-15-4-6-16(7-5-15)14(3)17(20)19-10-8-18-9-11-19;/h4-7,13-14,18H,8-12H2,1-3H3;1H. The van der Waals surface area contributed by atoms with E-state index in [0.29, 0.717) is 5.92 Å². The van der Waals surface area contributed by atoms with Crippen LogP contribution in [0.5, 0.6) is 0 Å². The maximum atomic E-state index is 12.5. The molecule has 118 valence electrons. The molecule has 0 aliphatic carbocycles. The number of carbonyl (C=O) groups excluding carboxylic acids is 1. The molecular weight excluding hydrogens is 284 g/mol. The van der Waals surface area contributed by atoms with Gasteiger partial charge in [0.2, 0.25) is 5.91 Å². The Balaban J connectivity index is 0.00000220. The molecular formula is C17H27ClN2O. The molecule has 1 N–H and O–H groups in total. The summed E-state index contributed by atoms with van der Waals surface area (Å²) in [5.74, 6) is 0.880. The van der Waals surface area contributed by atoms with Crippen LogP contribution in [0.4, 0.5) is 0 Å². The predicted octanol–water partition coefficient (Wildman–Crippen LogP) is 2.84. The average molecular weight is 311 g/mol. The topological polar surface area (TPSA) is 32.3 Å². The predicted molar refractivity (Wildman–Crippen MR) is 90.1 cm³/mol. The number of nitrogens with zero attached hydrogens (tertiary/aromatic N) is 1. The van der Waals surface area contributed by atoms with Gasteiger partial charge in [0.05, 0.1) is 5.92 Å². The van der Waals surface area contributed by atoms with Crippen LogP contribution < -0.4 is 5.32 Å². The van der Waals surface area contributed by atoms with Crippen LogP contribution in [-0.2, 0) is 11.2 Å². The second-order valence-electron chi connectivity index (χ2n) is 6.14. The van der Waals surface area contributed by atoms with Gasteiger partial charge in [-0.15, -0.1) is 12.4 Å². The van der Waals surface area contributed by atoms with Gasteiger partial charge >= 0.3 is 0 Å². The highest BCUT2D eigenvalue weighted by Crippen LogP contribution is 2.20. The number of amides is 1. The minimum atomic E-state index is -0.0406. The molecule has 1 aromatic rings. The number of rotatable bonds is 4. The summed E-state index contributed by atoms with van der Waals surface area (Å²) in [6, 6.07) is 8.55. The van der Waals surface area contributed by atoms with E-state index < -0.39 is 0 Å². The van der Waals surface area contributed by atoms with E-state index in [1.807, 2.05) is 11.8 Å². The molecule has 1 saturated heterocycles. The van der Waals surface area contributed by atoms with Gasteiger partial charge in [-0.1, -0.05) is 38.1 Å². The molecule has 2 rings (SSSR count). The zero-order chi connectivity index (χ0) is 14.5. The Kier molecular flexibility index (Phi) is 7.20. The Morgan fingerprint density at radius 3 is 2.24 bits per heavy atom. The van der Waals surface area contributed by atoms with Gasteiger partial charge in [0.1, 0.15) is 0 Å². The molecule has 1 fully saturated rings. The second kappa shape index (κ2) is 8.40. The van der Waals surface area contributed by atoms with E-state index in [0.717, 1.165) is 38.2 Å². The monoisotopic (exact) mass is 310 g/mol. The molecule has 21 heavy (non-hydrogen) atoms. The highest BCUT2D eigenvalue weighted by Gasteiger charge is 2.22. The Morgan fingerprint density at radius 1 is 1.14 bits per heavy atom. The van der Waals surface area contributed by atoms with E-state index in [-0.39, 0.29) is 24.2 Å². The quantitative estimate of drug-likeness (QED) is 0.927. The van der Waals surface area contributed by atoms with E-state index in [1.165, 1.54) is 5.56 Å². The van der Waals surface area contributed by atoms with Crippen LogP contribution in [0.3, 0.4) is 0 Å². The minimum absolute atomic E-state index is 0. The molecule has 1 aromatic carbocycles. The summed E-state index contributed by atoms with van der Waals surface area (Å²) in [6.45, 7) is 9.94. The molecule has 1 heterocycles.